The molecule has 0 amide bonds. The van der Waals surface area contributed by atoms with Crippen LogP contribution in [-0.2, 0) is 9.63 Å². The highest BCUT2D eigenvalue weighted by Crippen LogP contribution is 2.68. The lowest BCUT2D eigenvalue weighted by Gasteiger charge is -2.62. The number of aliphatic hydroxyl groups is 1. The molecule has 4 fully saturated rings. The van der Waals surface area contributed by atoms with Crippen LogP contribution in [0.3, 0.4) is 0 Å². The fourth-order valence-electron chi connectivity index (χ4n) is 9.11. The molecule has 0 aromatic carbocycles. The highest BCUT2D eigenvalue weighted by Gasteiger charge is 2.62. The van der Waals surface area contributed by atoms with Crippen LogP contribution >= 0.6 is 0 Å². The Morgan fingerprint density at radius 2 is 2.00 bits per heavy atom. The van der Waals surface area contributed by atoms with Gasteiger partial charge in [-0.3, -0.25) is 9.79 Å². The molecule has 0 bridgehead atoms. The molecule has 2 N–H and O–H groups in total. The van der Waals surface area contributed by atoms with Gasteiger partial charge in [-0.25, -0.2) is 5.48 Å². The Bertz CT molecular complexity index is 667. The molecule has 0 heterocycles. The van der Waals surface area contributed by atoms with E-state index in [0.29, 0.717) is 35.6 Å². The fourth-order valence-corrected chi connectivity index (χ4v) is 9.11. The highest BCUT2D eigenvalue weighted by molar-refractivity contribution is 5.81. The summed E-state index contributed by atoms with van der Waals surface area (Å²) < 4.78 is 0. The topological polar surface area (TPSA) is 70.9 Å². The van der Waals surface area contributed by atoms with Crippen molar-refractivity contribution < 1.29 is 14.7 Å². The third kappa shape index (κ3) is 3.49. The molecule has 4 aliphatic carbocycles. The Morgan fingerprint density at radius 3 is 2.73 bits per heavy atom. The summed E-state index contributed by atoms with van der Waals surface area (Å²) in [6.07, 6.45) is 12.2. The van der Waals surface area contributed by atoms with Crippen molar-refractivity contribution in [2.75, 3.05) is 7.05 Å². The van der Waals surface area contributed by atoms with E-state index < -0.39 is 0 Å². The first-order valence-corrected chi connectivity index (χ1v) is 12.3. The van der Waals surface area contributed by atoms with E-state index in [1.807, 2.05) is 0 Å². The van der Waals surface area contributed by atoms with Crippen LogP contribution in [0.1, 0.15) is 85.0 Å². The molecule has 0 aromatic heterocycles. The molecule has 0 aliphatic heterocycles. The smallest absolute Gasteiger partial charge is 0.320 e. The molecular formula is C25H42N2O3. The minimum absolute atomic E-state index is 0.161. The van der Waals surface area contributed by atoms with E-state index in [1.54, 1.807) is 7.05 Å². The number of amidine groups is 1. The first-order valence-electron chi connectivity index (χ1n) is 12.3. The van der Waals surface area contributed by atoms with E-state index in [9.17, 15) is 9.90 Å². The van der Waals surface area contributed by atoms with Crippen molar-refractivity contribution in [2.45, 2.75) is 91.1 Å². The van der Waals surface area contributed by atoms with Crippen molar-refractivity contribution in [3.63, 3.8) is 0 Å². The van der Waals surface area contributed by atoms with Crippen molar-refractivity contribution in [1.29, 1.82) is 0 Å². The Hall–Kier alpha value is -1.10. The molecule has 9 atom stereocenters. The van der Waals surface area contributed by atoms with Crippen LogP contribution in [0.15, 0.2) is 4.99 Å². The van der Waals surface area contributed by atoms with E-state index in [4.69, 9.17) is 4.84 Å². The second kappa shape index (κ2) is 8.44. The minimum Gasteiger partial charge on any atom is -0.393 e. The zero-order chi connectivity index (χ0) is 21.5. The van der Waals surface area contributed by atoms with Gasteiger partial charge in [-0.15, -0.1) is 0 Å². The number of aliphatic imine (C=N–C) groups is 1. The molecule has 30 heavy (non-hydrogen) atoms. The number of nitrogens with one attached hydrogen (secondary N) is 1. The minimum atomic E-state index is -0.161. The molecule has 4 saturated carbocycles. The second-order valence-electron chi connectivity index (χ2n) is 11.5. The third-order valence-electron chi connectivity index (χ3n) is 10.3. The van der Waals surface area contributed by atoms with Gasteiger partial charge in [0.1, 0.15) is 5.84 Å². The largest absolute Gasteiger partial charge is 0.393 e. The predicted molar refractivity (Wildman–Crippen MR) is 119 cm³/mol. The van der Waals surface area contributed by atoms with Crippen molar-refractivity contribution in [1.82, 2.24) is 5.48 Å². The normalized spacial score (nSPS) is 46.9. The van der Waals surface area contributed by atoms with E-state index >= 15 is 0 Å². The Kier molecular flexibility index (Phi) is 6.22. The number of hydrogen-bond acceptors (Lipinski definition) is 4. The number of rotatable bonds is 5. The molecule has 5 nitrogen and oxygen atoms in total. The average Bonchev–Trinajstić information content (AvgIpc) is 3.06. The number of fused-ring (bicyclic) bond motifs is 5. The summed E-state index contributed by atoms with van der Waals surface area (Å²) in [5.74, 6) is 4.49. The zero-order valence-electron chi connectivity index (χ0n) is 19.4. The molecule has 5 heteroatoms. The molecule has 0 aromatic rings. The maximum absolute atomic E-state index is 11.6. The molecular weight excluding hydrogens is 376 g/mol. The number of hydrogen-bond donors (Lipinski definition) is 2. The molecule has 4 aliphatic rings. The van der Waals surface area contributed by atoms with Gasteiger partial charge in [0.25, 0.3) is 0 Å². The lowest BCUT2D eigenvalue weighted by Crippen LogP contribution is -2.58. The van der Waals surface area contributed by atoms with E-state index in [1.165, 1.54) is 51.4 Å². The van der Waals surface area contributed by atoms with Crippen molar-refractivity contribution in [3.05, 3.63) is 0 Å². The van der Waals surface area contributed by atoms with Gasteiger partial charge in [0.15, 0.2) is 0 Å². The van der Waals surface area contributed by atoms with Gasteiger partial charge >= 0.3 is 6.47 Å². The molecule has 170 valence electrons. The summed E-state index contributed by atoms with van der Waals surface area (Å²) in [6, 6.07) is 0. The Morgan fingerprint density at radius 1 is 1.20 bits per heavy atom. The van der Waals surface area contributed by atoms with E-state index in [2.05, 4.69) is 31.2 Å². The molecule has 8 unspecified atom stereocenters. The fraction of sp³-hybridized carbons (Fsp3) is 0.920. The van der Waals surface area contributed by atoms with Crippen molar-refractivity contribution in [2.24, 2.45) is 51.3 Å². The van der Waals surface area contributed by atoms with Gasteiger partial charge in [-0.1, -0.05) is 33.6 Å². The van der Waals surface area contributed by atoms with Crippen LogP contribution < -0.4 is 5.48 Å². The standard InChI is InChI=1S/C25H42N2O3/c1-16(13-22(26-4)27-30-15-28)19-10-11-20-18-9-8-17-7-5-6-12-24(17,2)23(18)21(29)14-25(19,20)3/h15-21,23,29H,5-14H2,1-4H3,(H,26,27)/t16-,17?,18?,19?,20?,21?,23?,24?,25?/m1/s1. The van der Waals surface area contributed by atoms with Crippen molar-refractivity contribution in [3.8, 4) is 0 Å². The summed E-state index contributed by atoms with van der Waals surface area (Å²) >= 11 is 0. The van der Waals surface area contributed by atoms with Crippen LogP contribution in [0.4, 0.5) is 0 Å². The summed E-state index contributed by atoms with van der Waals surface area (Å²) in [5, 5.41) is 11.6. The van der Waals surface area contributed by atoms with Gasteiger partial charge < -0.3 is 9.94 Å². The van der Waals surface area contributed by atoms with E-state index in [0.717, 1.165) is 30.5 Å². The van der Waals surface area contributed by atoms with Crippen LogP contribution in [0.5, 0.6) is 0 Å². The van der Waals surface area contributed by atoms with Gasteiger partial charge in [0, 0.05) is 13.5 Å². The van der Waals surface area contributed by atoms with Crippen LogP contribution in [0.25, 0.3) is 0 Å². The lowest BCUT2D eigenvalue weighted by atomic mass is 9.43. The monoisotopic (exact) mass is 418 g/mol. The average molecular weight is 419 g/mol. The summed E-state index contributed by atoms with van der Waals surface area (Å²) in [4.78, 5) is 19.5. The highest BCUT2D eigenvalue weighted by atomic mass is 16.7. The van der Waals surface area contributed by atoms with Crippen molar-refractivity contribution >= 4 is 12.3 Å². The summed E-state index contributed by atoms with van der Waals surface area (Å²) in [5.41, 5.74) is 3.23. The number of hydroxylamine groups is 1. The number of carbonyl (C=O) groups excluding carboxylic acids is 1. The van der Waals surface area contributed by atoms with E-state index in [-0.39, 0.29) is 11.5 Å². The molecule has 4 rings (SSSR count). The van der Waals surface area contributed by atoms with Crippen LogP contribution in [0.2, 0.25) is 0 Å². The summed E-state index contributed by atoms with van der Waals surface area (Å²) in [6.45, 7) is 7.71. The predicted octanol–water partition coefficient (Wildman–Crippen LogP) is 4.74. The maximum Gasteiger partial charge on any atom is 0.320 e. The summed E-state index contributed by atoms with van der Waals surface area (Å²) in [7, 11) is 1.74. The van der Waals surface area contributed by atoms with Gasteiger partial charge in [-0.2, -0.15) is 0 Å². The number of carbonyl (C=O) groups is 1. The first kappa shape index (κ1) is 22.1. The first-order chi connectivity index (χ1) is 14.3. The quantitative estimate of drug-likeness (QED) is 0.293. The second-order valence-corrected chi connectivity index (χ2v) is 11.5. The third-order valence-corrected chi connectivity index (χ3v) is 10.3. The maximum atomic E-state index is 11.6. The van der Waals surface area contributed by atoms with Gasteiger partial charge in [0.05, 0.1) is 6.10 Å². The SMILES string of the molecule is CN=C(C[C@@H](C)C1CCC2C3CCC4CCCCC4(C)C3C(O)CC21C)NOC=O. The van der Waals surface area contributed by atoms with Crippen LogP contribution in [-0.4, -0.2) is 30.6 Å². The molecule has 0 spiro atoms. The zero-order valence-corrected chi connectivity index (χ0v) is 19.4. The molecule has 0 saturated heterocycles. The Labute approximate surface area is 182 Å². The number of nitrogens with zero attached hydrogens (tertiary/aromatic N) is 1. The Balaban J connectivity index is 1.53. The van der Waals surface area contributed by atoms with Gasteiger partial charge in [-0.05, 0) is 91.3 Å². The molecule has 0 radical (unpaired) electrons. The van der Waals surface area contributed by atoms with Gasteiger partial charge in [0.2, 0.25) is 0 Å². The van der Waals surface area contributed by atoms with Crippen LogP contribution in [0, 0.1) is 46.3 Å². The lowest BCUT2D eigenvalue weighted by molar-refractivity contribution is -0.171. The number of aliphatic hydroxyl groups excluding tert-OH is 1.